The topological polar surface area (TPSA) is 61.8 Å². The Morgan fingerprint density at radius 2 is 2.23 bits per heavy atom. The van der Waals surface area contributed by atoms with Gasteiger partial charge in [0.1, 0.15) is 5.41 Å². The molecule has 0 aromatic heterocycles. The molecule has 1 aromatic rings. The van der Waals surface area contributed by atoms with Crippen LogP contribution in [0, 0.1) is 11.3 Å². The van der Waals surface area contributed by atoms with Crippen molar-refractivity contribution in [1.82, 2.24) is 4.90 Å². The van der Waals surface area contributed by atoms with E-state index < -0.39 is 16.9 Å². The zero-order valence-corrected chi connectivity index (χ0v) is 15.1. The molecule has 5 heterocycles. The molecule has 0 radical (unpaired) electrons. The number of esters is 1. The van der Waals surface area contributed by atoms with Gasteiger partial charge in [-0.1, -0.05) is 29.8 Å². The summed E-state index contributed by atoms with van der Waals surface area (Å²) in [5, 5.41) is 15.6. The summed E-state index contributed by atoms with van der Waals surface area (Å²) in [7, 11) is 1.46. The number of hydrogen-bond acceptors (Lipinski definition) is 5. The normalized spacial score (nSPS) is 50.5. The maximum atomic E-state index is 13.2. The van der Waals surface area contributed by atoms with Crippen molar-refractivity contribution in [3.63, 3.8) is 0 Å². The monoisotopic (exact) mass is 352 g/mol. The SMILES string of the molecule is C/C=C1\CN2[C@H]3C[C@@]45c6ccccc6N[C@@H]4[C@@H]2C[C@@H]1[C@]3(C(=O)OC)[C@H]5O. The minimum Gasteiger partial charge on any atom is -0.468 e. The number of anilines is 1. The van der Waals surface area contributed by atoms with Crippen LogP contribution in [0.25, 0.3) is 0 Å². The molecule has 1 spiro atoms. The molecule has 1 aliphatic carbocycles. The first-order valence-corrected chi connectivity index (χ1v) is 9.64. The fourth-order valence-corrected chi connectivity index (χ4v) is 7.49. The van der Waals surface area contributed by atoms with E-state index in [-0.39, 0.29) is 24.0 Å². The number of hydrogen-bond donors (Lipinski definition) is 2. The van der Waals surface area contributed by atoms with Gasteiger partial charge in [-0.15, -0.1) is 0 Å². The number of nitrogens with zero attached hydrogens (tertiary/aromatic N) is 1. The Balaban J connectivity index is 1.65. The lowest BCUT2D eigenvalue weighted by atomic mass is 9.58. The number of methoxy groups -OCH3 is 1. The van der Waals surface area contributed by atoms with Crippen LogP contribution in [0.1, 0.15) is 25.3 Å². The number of rotatable bonds is 1. The lowest BCUT2D eigenvalue weighted by Crippen LogP contribution is -2.71. The van der Waals surface area contributed by atoms with Crippen LogP contribution in [0.3, 0.4) is 0 Å². The van der Waals surface area contributed by atoms with E-state index in [1.165, 1.54) is 18.2 Å². The van der Waals surface area contributed by atoms with Gasteiger partial charge in [0.15, 0.2) is 0 Å². The fourth-order valence-electron chi connectivity index (χ4n) is 7.49. The van der Waals surface area contributed by atoms with E-state index in [4.69, 9.17) is 4.74 Å². The summed E-state index contributed by atoms with van der Waals surface area (Å²) in [6, 6.07) is 8.89. The minimum atomic E-state index is -0.848. The lowest BCUT2D eigenvalue weighted by Gasteiger charge is -2.60. The number of benzene rings is 1. The molecular formula is C21H24N2O3. The van der Waals surface area contributed by atoms with Crippen molar-refractivity contribution in [2.45, 2.75) is 49.4 Å². The largest absolute Gasteiger partial charge is 0.468 e. The van der Waals surface area contributed by atoms with E-state index in [2.05, 4.69) is 35.3 Å². The Hall–Kier alpha value is -1.85. The number of carbonyl (C=O) groups excluding carboxylic acids is 1. The fraction of sp³-hybridized carbons (Fsp3) is 0.571. The average Bonchev–Trinajstić information content (AvgIpc) is 3.13. The summed E-state index contributed by atoms with van der Waals surface area (Å²) < 4.78 is 5.34. The Kier molecular flexibility index (Phi) is 2.65. The average molecular weight is 352 g/mol. The molecule has 4 saturated heterocycles. The second-order valence-electron chi connectivity index (χ2n) is 8.65. The molecule has 5 aliphatic heterocycles. The van der Waals surface area contributed by atoms with E-state index in [1.807, 2.05) is 12.1 Å². The highest BCUT2D eigenvalue weighted by atomic mass is 16.5. The quantitative estimate of drug-likeness (QED) is 0.595. The molecule has 0 amide bonds. The highest BCUT2D eigenvalue weighted by Gasteiger charge is 2.82. The first kappa shape index (κ1) is 15.2. The summed E-state index contributed by atoms with van der Waals surface area (Å²) in [6.07, 6.45) is 3.15. The predicted octanol–water partition coefficient (Wildman–Crippen LogP) is 1.68. The van der Waals surface area contributed by atoms with Gasteiger partial charge in [-0.25, -0.2) is 0 Å². The van der Waals surface area contributed by atoms with Crippen LogP contribution in [0.15, 0.2) is 35.9 Å². The summed E-state index contributed by atoms with van der Waals surface area (Å²) in [4.78, 5) is 15.7. The van der Waals surface area contributed by atoms with Gasteiger partial charge in [-0.2, -0.15) is 0 Å². The molecule has 5 fully saturated rings. The third kappa shape index (κ3) is 1.28. The van der Waals surface area contributed by atoms with Gasteiger partial charge in [-0.3, -0.25) is 9.69 Å². The molecule has 5 bridgehead atoms. The van der Waals surface area contributed by atoms with Gasteiger partial charge in [0.25, 0.3) is 0 Å². The van der Waals surface area contributed by atoms with Crippen molar-refractivity contribution in [2.75, 3.05) is 19.0 Å². The summed E-state index contributed by atoms with van der Waals surface area (Å²) in [6.45, 7) is 2.96. The van der Waals surface area contributed by atoms with E-state index in [0.717, 1.165) is 25.1 Å². The van der Waals surface area contributed by atoms with Crippen molar-refractivity contribution in [3.05, 3.63) is 41.5 Å². The highest BCUT2D eigenvalue weighted by molar-refractivity contribution is 5.84. The molecule has 1 aromatic carbocycles. The first-order chi connectivity index (χ1) is 12.6. The Morgan fingerprint density at radius 3 is 3.00 bits per heavy atom. The third-order valence-corrected chi connectivity index (χ3v) is 8.30. The Bertz CT molecular complexity index is 867. The van der Waals surface area contributed by atoms with Gasteiger partial charge in [0, 0.05) is 35.6 Å². The third-order valence-electron chi connectivity index (χ3n) is 8.30. The van der Waals surface area contributed by atoms with Crippen LogP contribution >= 0.6 is 0 Å². The van der Waals surface area contributed by atoms with Crippen molar-refractivity contribution in [1.29, 1.82) is 0 Å². The smallest absolute Gasteiger partial charge is 0.316 e. The molecule has 8 atom stereocenters. The molecule has 1 unspecified atom stereocenters. The van der Waals surface area contributed by atoms with Crippen LogP contribution in [0.5, 0.6) is 0 Å². The van der Waals surface area contributed by atoms with Gasteiger partial charge in [0.05, 0.1) is 19.3 Å². The molecule has 2 N–H and O–H groups in total. The number of allylic oxidation sites excluding steroid dienone is 1. The number of para-hydroxylation sites is 1. The predicted molar refractivity (Wildman–Crippen MR) is 96.7 cm³/mol. The highest BCUT2D eigenvalue weighted by Crippen LogP contribution is 2.71. The summed E-state index contributed by atoms with van der Waals surface area (Å²) in [5.74, 6) is -0.154. The van der Waals surface area contributed by atoms with Crippen LogP contribution < -0.4 is 5.32 Å². The number of carbonyl (C=O) groups is 1. The minimum absolute atomic E-state index is 0.0570. The molecule has 5 nitrogen and oxygen atoms in total. The van der Waals surface area contributed by atoms with Gasteiger partial charge in [-0.05, 0) is 31.4 Å². The zero-order chi connectivity index (χ0) is 17.8. The number of aliphatic hydroxyl groups excluding tert-OH is 1. The van der Waals surface area contributed by atoms with Crippen LogP contribution in [-0.2, 0) is 14.9 Å². The standard InChI is InChI=1S/C21H24N2O3/c1-3-11-10-23-15-8-13(11)21(19(25)26-2)16(23)9-20(18(21)24)12-6-4-5-7-14(12)22-17(15)20/h3-7,13,15-18,22,24H,8-10H2,1-2H3/b11-3+/t13-,15-,16-,17+,18-,20+,21+/m0/s1. The molecular weight excluding hydrogens is 328 g/mol. The van der Waals surface area contributed by atoms with Crippen LogP contribution in [0.4, 0.5) is 5.69 Å². The Morgan fingerprint density at radius 1 is 1.42 bits per heavy atom. The summed E-state index contributed by atoms with van der Waals surface area (Å²) >= 11 is 0. The molecule has 5 heteroatoms. The number of aliphatic hydroxyl groups is 1. The van der Waals surface area contributed by atoms with E-state index in [1.54, 1.807) is 0 Å². The maximum absolute atomic E-state index is 13.2. The number of piperidine rings is 4. The summed E-state index contributed by atoms with van der Waals surface area (Å²) in [5.41, 5.74) is 2.34. The first-order valence-electron chi connectivity index (χ1n) is 9.64. The number of ether oxygens (including phenoxy) is 1. The zero-order valence-electron chi connectivity index (χ0n) is 15.1. The second kappa shape index (κ2) is 4.52. The van der Waals surface area contributed by atoms with Crippen molar-refractivity contribution >= 4 is 11.7 Å². The van der Waals surface area contributed by atoms with Gasteiger partial charge < -0.3 is 15.2 Å². The number of fused-ring (bicyclic) bond motifs is 2. The second-order valence-corrected chi connectivity index (χ2v) is 8.65. The maximum Gasteiger partial charge on any atom is 0.316 e. The molecule has 7 rings (SSSR count). The molecule has 6 aliphatic rings. The van der Waals surface area contributed by atoms with Crippen LogP contribution in [-0.4, -0.2) is 53.9 Å². The lowest BCUT2D eigenvalue weighted by molar-refractivity contribution is -0.179. The van der Waals surface area contributed by atoms with Crippen molar-refractivity contribution < 1.29 is 14.6 Å². The molecule has 1 saturated carbocycles. The Labute approximate surface area is 153 Å². The van der Waals surface area contributed by atoms with Crippen molar-refractivity contribution in [3.8, 4) is 0 Å². The van der Waals surface area contributed by atoms with Gasteiger partial charge in [0.2, 0.25) is 0 Å². The van der Waals surface area contributed by atoms with Gasteiger partial charge >= 0.3 is 5.97 Å². The van der Waals surface area contributed by atoms with E-state index in [0.29, 0.717) is 6.04 Å². The van der Waals surface area contributed by atoms with E-state index in [9.17, 15) is 9.90 Å². The number of nitrogens with one attached hydrogen (secondary N) is 1. The van der Waals surface area contributed by atoms with Crippen molar-refractivity contribution in [2.24, 2.45) is 11.3 Å². The molecule has 26 heavy (non-hydrogen) atoms. The van der Waals surface area contributed by atoms with Crippen LogP contribution in [0.2, 0.25) is 0 Å². The van der Waals surface area contributed by atoms with E-state index >= 15 is 0 Å². The molecule has 136 valence electrons.